The molecule has 0 aliphatic carbocycles. The van der Waals surface area contributed by atoms with E-state index in [2.05, 4.69) is 35.9 Å². The molecule has 110 valence electrons. The van der Waals surface area contributed by atoms with Gasteiger partial charge < -0.3 is 10.2 Å². The van der Waals surface area contributed by atoms with Gasteiger partial charge in [-0.05, 0) is 20.4 Å². The van der Waals surface area contributed by atoms with E-state index in [1.807, 2.05) is 4.90 Å². The van der Waals surface area contributed by atoms with Gasteiger partial charge in [-0.2, -0.15) is 0 Å². The number of carbonyl (C=O) groups is 1. The Morgan fingerprint density at radius 1 is 1.26 bits per heavy atom. The predicted molar refractivity (Wildman–Crippen MR) is 77.2 cm³/mol. The number of hydrogen-bond acceptors (Lipinski definition) is 4. The summed E-state index contributed by atoms with van der Waals surface area (Å²) >= 11 is 0. The molecule has 0 spiro atoms. The largest absolute Gasteiger partial charge is 0.339 e. The third-order valence-corrected chi connectivity index (χ3v) is 4.54. The maximum absolute atomic E-state index is 12.5. The molecule has 0 bridgehead atoms. The number of piperazine rings is 2. The fraction of sp³-hybridized carbons (Fsp3) is 0.929. The lowest BCUT2D eigenvalue weighted by atomic mass is 10.1. The van der Waals surface area contributed by atoms with E-state index >= 15 is 0 Å². The Morgan fingerprint density at radius 3 is 2.53 bits per heavy atom. The molecule has 2 aliphatic rings. The van der Waals surface area contributed by atoms with Crippen LogP contribution in [0.15, 0.2) is 0 Å². The van der Waals surface area contributed by atoms with Crippen molar-refractivity contribution in [3.63, 3.8) is 0 Å². The molecule has 2 fully saturated rings. The Labute approximate surface area is 116 Å². The van der Waals surface area contributed by atoms with Gasteiger partial charge in [-0.3, -0.25) is 14.6 Å². The van der Waals surface area contributed by atoms with Gasteiger partial charge in [-0.25, -0.2) is 0 Å². The summed E-state index contributed by atoms with van der Waals surface area (Å²) in [5, 5.41) is 3.29. The summed E-state index contributed by atoms with van der Waals surface area (Å²) in [7, 11) is 0. The standard InChI is InChI=1S/C14H28N4O/c1-4-16-9-10-18(11-12(16)2)13(3)14(19)17-7-5-15-6-8-17/h12-13,15H,4-11H2,1-3H3. The lowest BCUT2D eigenvalue weighted by molar-refractivity contribution is -0.138. The van der Waals surface area contributed by atoms with Crippen LogP contribution in [0.1, 0.15) is 20.8 Å². The number of nitrogens with one attached hydrogen (secondary N) is 1. The van der Waals surface area contributed by atoms with Crippen molar-refractivity contribution < 1.29 is 4.79 Å². The van der Waals surface area contributed by atoms with Crippen molar-refractivity contribution in [2.45, 2.75) is 32.9 Å². The second kappa shape index (κ2) is 6.68. The monoisotopic (exact) mass is 268 g/mol. The average molecular weight is 268 g/mol. The minimum Gasteiger partial charge on any atom is -0.339 e. The van der Waals surface area contributed by atoms with Gasteiger partial charge in [0.05, 0.1) is 6.04 Å². The third-order valence-electron chi connectivity index (χ3n) is 4.54. The molecule has 2 heterocycles. The lowest BCUT2D eigenvalue weighted by Gasteiger charge is -2.42. The minimum absolute atomic E-state index is 0.0274. The maximum atomic E-state index is 12.5. The van der Waals surface area contributed by atoms with Crippen LogP contribution in [-0.2, 0) is 4.79 Å². The van der Waals surface area contributed by atoms with Crippen LogP contribution in [0.25, 0.3) is 0 Å². The quantitative estimate of drug-likeness (QED) is 0.771. The summed E-state index contributed by atoms with van der Waals surface area (Å²) in [6, 6.07) is 0.580. The summed E-state index contributed by atoms with van der Waals surface area (Å²) in [4.78, 5) is 19.3. The fourth-order valence-corrected chi connectivity index (χ4v) is 3.15. The van der Waals surface area contributed by atoms with Gasteiger partial charge >= 0.3 is 0 Å². The van der Waals surface area contributed by atoms with Gasteiger partial charge in [0.25, 0.3) is 0 Å². The van der Waals surface area contributed by atoms with Crippen LogP contribution in [0.4, 0.5) is 0 Å². The molecular weight excluding hydrogens is 240 g/mol. The van der Waals surface area contributed by atoms with Crippen molar-refractivity contribution in [3.05, 3.63) is 0 Å². The molecular formula is C14H28N4O. The van der Waals surface area contributed by atoms with Gasteiger partial charge in [-0.1, -0.05) is 6.92 Å². The van der Waals surface area contributed by atoms with Crippen LogP contribution in [0.2, 0.25) is 0 Å². The van der Waals surface area contributed by atoms with Crippen LogP contribution in [0, 0.1) is 0 Å². The van der Waals surface area contributed by atoms with E-state index in [9.17, 15) is 4.79 Å². The number of carbonyl (C=O) groups excluding carboxylic acids is 1. The molecule has 19 heavy (non-hydrogen) atoms. The Balaban J connectivity index is 1.88. The molecule has 2 rings (SSSR count). The molecule has 5 nitrogen and oxygen atoms in total. The van der Waals surface area contributed by atoms with Crippen LogP contribution >= 0.6 is 0 Å². The van der Waals surface area contributed by atoms with E-state index in [-0.39, 0.29) is 6.04 Å². The van der Waals surface area contributed by atoms with E-state index in [4.69, 9.17) is 0 Å². The van der Waals surface area contributed by atoms with Crippen molar-refractivity contribution >= 4 is 5.91 Å². The van der Waals surface area contributed by atoms with Crippen molar-refractivity contribution in [2.75, 3.05) is 52.4 Å². The molecule has 0 aromatic rings. The van der Waals surface area contributed by atoms with Gasteiger partial charge in [0.15, 0.2) is 0 Å². The molecule has 1 amide bonds. The second-order valence-corrected chi connectivity index (χ2v) is 5.72. The van der Waals surface area contributed by atoms with Gasteiger partial charge in [0, 0.05) is 51.9 Å². The molecule has 1 N–H and O–H groups in total. The van der Waals surface area contributed by atoms with Gasteiger partial charge in [-0.15, -0.1) is 0 Å². The molecule has 5 heteroatoms. The summed E-state index contributed by atoms with van der Waals surface area (Å²) < 4.78 is 0. The number of rotatable bonds is 3. The first kappa shape index (κ1) is 14.8. The SMILES string of the molecule is CCN1CCN(C(C)C(=O)N2CCNCC2)CC1C. The number of likely N-dealkylation sites (N-methyl/N-ethyl adjacent to an activating group) is 1. The first-order valence-electron chi connectivity index (χ1n) is 7.61. The van der Waals surface area contributed by atoms with E-state index in [0.29, 0.717) is 11.9 Å². The van der Waals surface area contributed by atoms with Crippen molar-refractivity contribution in [1.82, 2.24) is 20.0 Å². The predicted octanol–water partition coefficient (Wildman–Crippen LogP) is -0.167. The minimum atomic E-state index is 0.0274. The highest BCUT2D eigenvalue weighted by molar-refractivity contribution is 5.81. The maximum Gasteiger partial charge on any atom is 0.239 e. The fourth-order valence-electron chi connectivity index (χ4n) is 3.15. The summed E-state index contributed by atoms with van der Waals surface area (Å²) in [6.45, 7) is 14.3. The third kappa shape index (κ3) is 3.46. The zero-order chi connectivity index (χ0) is 13.8. The summed E-state index contributed by atoms with van der Waals surface area (Å²) in [6.07, 6.45) is 0. The average Bonchev–Trinajstić information content (AvgIpc) is 2.46. The Kier molecular flexibility index (Phi) is 5.19. The van der Waals surface area contributed by atoms with E-state index in [1.165, 1.54) is 0 Å². The summed E-state index contributed by atoms with van der Waals surface area (Å²) in [5.41, 5.74) is 0. The smallest absolute Gasteiger partial charge is 0.239 e. The number of hydrogen-bond donors (Lipinski definition) is 1. The molecule has 0 radical (unpaired) electrons. The lowest BCUT2D eigenvalue weighted by Crippen LogP contribution is -2.59. The molecule has 0 saturated carbocycles. The molecule has 2 atom stereocenters. The van der Waals surface area contributed by atoms with Crippen molar-refractivity contribution in [2.24, 2.45) is 0 Å². The Bertz CT molecular complexity index is 304. The first-order chi connectivity index (χ1) is 9.13. The first-order valence-corrected chi connectivity index (χ1v) is 7.61. The van der Waals surface area contributed by atoms with Gasteiger partial charge in [0.2, 0.25) is 5.91 Å². The highest BCUT2D eigenvalue weighted by Crippen LogP contribution is 2.13. The highest BCUT2D eigenvalue weighted by atomic mass is 16.2. The van der Waals surface area contributed by atoms with E-state index in [1.54, 1.807) is 0 Å². The molecule has 2 saturated heterocycles. The molecule has 0 aromatic carbocycles. The molecule has 2 unspecified atom stereocenters. The topological polar surface area (TPSA) is 38.8 Å². The summed E-state index contributed by atoms with van der Waals surface area (Å²) in [5.74, 6) is 0.304. The normalized spacial score (nSPS) is 28.4. The zero-order valence-corrected chi connectivity index (χ0v) is 12.6. The molecule has 2 aliphatic heterocycles. The molecule has 0 aromatic heterocycles. The Morgan fingerprint density at radius 2 is 1.95 bits per heavy atom. The second-order valence-electron chi connectivity index (χ2n) is 5.72. The van der Waals surface area contributed by atoms with Gasteiger partial charge in [0.1, 0.15) is 0 Å². The zero-order valence-electron chi connectivity index (χ0n) is 12.6. The Hall–Kier alpha value is -0.650. The van der Waals surface area contributed by atoms with Crippen LogP contribution in [-0.4, -0.2) is 85.0 Å². The number of nitrogens with zero attached hydrogens (tertiary/aromatic N) is 3. The highest BCUT2D eigenvalue weighted by Gasteiger charge is 2.31. The van der Waals surface area contributed by atoms with Crippen LogP contribution < -0.4 is 5.32 Å². The van der Waals surface area contributed by atoms with Crippen molar-refractivity contribution in [3.8, 4) is 0 Å². The van der Waals surface area contributed by atoms with Crippen LogP contribution in [0.3, 0.4) is 0 Å². The van der Waals surface area contributed by atoms with Crippen molar-refractivity contribution in [1.29, 1.82) is 0 Å². The van der Waals surface area contributed by atoms with E-state index in [0.717, 1.165) is 52.4 Å². The van der Waals surface area contributed by atoms with E-state index < -0.39 is 0 Å². The van der Waals surface area contributed by atoms with Crippen LogP contribution in [0.5, 0.6) is 0 Å². The number of amides is 1.